The van der Waals surface area contributed by atoms with Gasteiger partial charge in [-0.05, 0) is 51.6 Å². The minimum Gasteiger partial charge on any atom is -0.392 e. The molecule has 6 atom stereocenters. The number of hydrogen-bond donors (Lipinski definition) is 5. The predicted octanol–water partition coefficient (Wildman–Crippen LogP) is 1.80. The van der Waals surface area contributed by atoms with Crippen molar-refractivity contribution >= 4 is 78.9 Å². The fourth-order valence-electron chi connectivity index (χ4n) is 5.29. The van der Waals surface area contributed by atoms with Crippen LogP contribution in [0.5, 0.6) is 0 Å². The average Bonchev–Trinajstić information content (AvgIpc) is 3.71. The molecular formula is C27H28I2N8O5. The van der Waals surface area contributed by atoms with Crippen LogP contribution < -0.4 is 11.5 Å². The lowest BCUT2D eigenvalue weighted by Gasteiger charge is -2.24. The van der Waals surface area contributed by atoms with E-state index in [4.69, 9.17) is 33.8 Å². The van der Waals surface area contributed by atoms with Crippen LogP contribution in [-0.2, 0) is 9.47 Å². The number of anilines is 2. The Morgan fingerprint density at radius 2 is 1.33 bits per heavy atom. The zero-order valence-corrected chi connectivity index (χ0v) is 26.7. The summed E-state index contributed by atoms with van der Waals surface area (Å²) in [7, 11) is 0. The van der Waals surface area contributed by atoms with Gasteiger partial charge in [0.15, 0.2) is 11.2 Å². The number of nitrogen functional groups attached to an aromatic ring is 2. The summed E-state index contributed by atoms with van der Waals surface area (Å²) in [4.78, 5) is 16.5. The number of nitrogens with two attached hydrogens (primary N) is 2. The second kappa shape index (κ2) is 11.7. The standard InChI is InChI=1S/C14H15IN4O2.C13H13IN4O3/c1-3-14(6-20)8(2)4-10(21-14)19-5-9(15)11-12(16)17-7-18-13(11)19;1-2-13(5-19)8(20)3-9(21-13)18-4-7(14)10-11(15)16-6-17-12(10)18/h1,5,7-8,10,20H,4,6H2,2H3,(H2,16,17,18);1,4,6,8-9,19-20H,3,5H2,(H2,15,16,17)/t8-,10+,14+;8-,9+,13+/m00/s1. The van der Waals surface area contributed by atoms with Crippen LogP contribution in [0.4, 0.5) is 11.6 Å². The lowest BCUT2D eigenvalue weighted by Crippen LogP contribution is -2.41. The molecule has 4 aromatic heterocycles. The number of fused-ring (bicyclic) bond motifs is 2. The van der Waals surface area contributed by atoms with Gasteiger partial charge in [-0.3, -0.25) is 0 Å². The molecule has 42 heavy (non-hydrogen) atoms. The Bertz CT molecular complexity index is 1610. The zero-order chi connectivity index (χ0) is 30.4. The smallest absolute Gasteiger partial charge is 0.179 e. The van der Waals surface area contributed by atoms with Gasteiger partial charge in [-0.15, -0.1) is 12.8 Å². The third-order valence-corrected chi connectivity index (χ3v) is 9.41. The SMILES string of the molecule is C#C[C@]1(CO)O[C@@H](n2cc(I)c3c(N)ncnc32)C[C@@H]1C.C#C[C@]1(CO)O[C@@H](n2cc(I)c3c(N)ncnc32)C[C@@H]1O. The van der Waals surface area contributed by atoms with Crippen molar-refractivity contribution in [1.82, 2.24) is 29.1 Å². The van der Waals surface area contributed by atoms with E-state index in [1.807, 2.05) is 23.9 Å². The molecule has 2 aliphatic rings. The Kier molecular flexibility index (Phi) is 8.56. The fraction of sp³-hybridized carbons (Fsp3) is 0.407. The molecule has 0 spiro atoms. The van der Waals surface area contributed by atoms with E-state index in [-0.39, 0.29) is 25.2 Å². The number of halogens is 2. The molecule has 0 bridgehead atoms. The van der Waals surface area contributed by atoms with Crippen molar-refractivity contribution in [2.45, 2.75) is 49.5 Å². The molecule has 0 amide bonds. The van der Waals surface area contributed by atoms with Crippen LogP contribution in [0.3, 0.4) is 0 Å². The van der Waals surface area contributed by atoms with Gasteiger partial charge in [-0.1, -0.05) is 18.8 Å². The second-order valence-corrected chi connectivity index (χ2v) is 12.4. The number of aliphatic hydroxyl groups excluding tert-OH is 3. The van der Waals surface area contributed by atoms with E-state index in [2.05, 4.69) is 77.0 Å². The molecule has 6 rings (SSSR count). The molecule has 7 N–H and O–H groups in total. The second-order valence-electron chi connectivity index (χ2n) is 10.1. The maximum absolute atomic E-state index is 10.1. The van der Waals surface area contributed by atoms with Crippen LogP contribution in [0.1, 0.15) is 32.2 Å². The van der Waals surface area contributed by atoms with Gasteiger partial charge in [-0.25, -0.2) is 19.9 Å². The van der Waals surface area contributed by atoms with Crippen molar-refractivity contribution in [3.05, 3.63) is 32.2 Å². The van der Waals surface area contributed by atoms with Crippen molar-refractivity contribution in [3.63, 3.8) is 0 Å². The molecule has 13 nitrogen and oxygen atoms in total. The highest BCUT2D eigenvalue weighted by Crippen LogP contribution is 2.43. The van der Waals surface area contributed by atoms with E-state index in [1.54, 1.807) is 4.57 Å². The number of rotatable bonds is 4. The van der Waals surface area contributed by atoms with Gasteiger partial charge in [0.05, 0.1) is 24.0 Å². The summed E-state index contributed by atoms with van der Waals surface area (Å²) in [5.41, 5.74) is 10.8. The molecule has 220 valence electrons. The molecule has 0 saturated carbocycles. The molecule has 0 aromatic carbocycles. The maximum Gasteiger partial charge on any atom is 0.179 e. The number of aromatic nitrogens is 6. The highest BCUT2D eigenvalue weighted by molar-refractivity contribution is 14.1. The molecule has 0 aliphatic carbocycles. The maximum atomic E-state index is 10.1. The lowest BCUT2D eigenvalue weighted by atomic mass is 9.90. The third-order valence-electron chi connectivity index (χ3n) is 7.77. The summed E-state index contributed by atoms with van der Waals surface area (Å²) < 4.78 is 17.2. The van der Waals surface area contributed by atoms with Gasteiger partial charge in [-0.2, -0.15) is 0 Å². The van der Waals surface area contributed by atoms with Gasteiger partial charge >= 0.3 is 0 Å². The molecule has 0 radical (unpaired) electrons. The highest BCUT2D eigenvalue weighted by atomic mass is 127. The lowest BCUT2D eigenvalue weighted by molar-refractivity contribution is -0.0890. The molecule has 15 heteroatoms. The summed E-state index contributed by atoms with van der Waals surface area (Å²) in [5, 5.41) is 30.7. The van der Waals surface area contributed by atoms with Crippen LogP contribution >= 0.6 is 45.2 Å². The van der Waals surface area contributed by atoms with E-state index >= 15 is 0 Å². The van der Waals surface area contributed by atoms with Gasteiger partial charge < -0.3 is 45.4 Å². The number of terminal acetylenes is 2. The fourth-order valence-corrected chi connectivity index (χ4v) is 6.92. The first kappa shape index (κ1) is 30.7. The minimum absolute atomic E-state index is 0.0480. The van der Waals surface area contributed by atoms with Crippen LogP contribution in [0.2, 0.25) is 0 Å². The van der Waals surface area contributed by atoms with Crippen LogP contribution in [0.25, 0.3) is 22.1 Å². The van der Waals surface area contributed by atoms with E-state index in [0.717, 1.165) is 23.6 Å². The van der Waals surface area contributed by atoms with Gasteiger partial charge in [0.2, 0.25) is 0 Å². The average molecular weight is 798 g/mol. The van der Waals surface area contributed by atoms with Crippen LogP contribution in [-0.4, -0.2) is 74.9 Å². The topological polar surface area (TPSA) is 193 Å². The van der Waals surface area contributed by atoms with E-state index in [0.29, 0.717) is 23.7 Å². The van der Waals surface area contributed by atoms with Gasteiger partial charge in [0, 0.05) is 31.9 Å². The number of aliphatic hydroxyl groups is 3. The summed E-state index contributed by atoms with van der Waals surface area (Å²) >= 11 is 4.33. The molecular weight excluding hydrogens is 770 g/mol. The van der Waals surface area contributed by atoms with Crippen LogP contribution in [0, 0.1) is 37.7 Å². The van der Waals surface area contributed by atoms with Gasteiger partial charge in [0.25, 0.3) is 0 Å². The number of nitrogens with zero attached hydrogens (tertiary/aromatic N) is 6. The van der Waals surface area contributed by atoms with E-state index in [1.165, 1.54) is 12.7 Å². The summed E-state index contributed by atoms with van der Waals surface area (Å²) in [6.07, 6.45) is 16.7. The summed E-state index contributed by atoms with van der Waals surface area (Å²) in [6, 6.07) is 0. The predicted molar refractivity (Wildman–Crippen MR) is 171 cm³/mol. The Balaban J connectivity index is 0.000000168. The normalized spacial score (nSPS) is 28.9. The largest absolute Gasteiger partial charge is 0.392 e. The van der Waals surface area contributed by atoms with Gasteiger partial charge in [0.1, 0.15) is 54.1 Å². The van der Waals surface area contributed by atoms with Crippen molar-refractivity contribution < 1.29 is 24.8 Å². The van der Waals surface area contributed by atoms with Crippen LogP contribution in [0.15, 0.2) is 25.0 Å². The Hall–Kier alpha value is -2.78. The molecule has 2 fully saturated rings. The van der Waals surface area contributed by atoms with E-state index < -0.39 is 30.1 Å². The molecule has 6 heterocycles. The van der Waals surface area contributed by atoms with Crippen molar-refractivity contribution in [2.75, 3.05) is 24.7 Å². The van der Waals surface area contributed by atoms with E-state index in [9.17, 15) is 15.3 Å². The first-order valence-electron chi connectivity index (χ1n) is 12.8. The highest BCUT2D eigenvalue weighted by Gasteiger charge is 2.48. The number of hydrogen-bond acceptors (Lipinski definition) is 11. The Morgan fingerprint density at radius 3 is 1.74 bits per heavy atom. The van der Waals surface area contributed by atoms with Crippen molar-refractivity contribution in [3.8, 4) is 24.7 Å². The van der Waals surface area contributed by atoms with Crippen molar-refractivity contribution in [2.24, 2.45) is 5.92 Å². The Morgan fingerprint density at radius 1 is 0.881 bits per heavy atom. The van der Waals surface area contributed by atoms with Crippen molar-refractivity contribution in [1.29, 1.82) is 0 Å². The number of ether oxygens (including phenoxy) is 2. The minimum atomic E-state index is -1.38. The summed E-state index contributed by atoms with van der Waals surface area (Å²) in [5.74, 6) is 5.82. The molecule has 0 unspecified atom stereocenters. The Labute approximate surface area is 268 Å². The third kappa shape index (κ3) is 4.96. The molecule has 2 saturated heterocycles. The molecule has 2 aliphatic heterocycles. The first-order chi connectivity index (χ1) is 20.0. The quantitative estimate of drug-likeness (QED) is 0.150. The zero-order valence-electron chi connectivity index (χ0n) is 22.4. The first-order valence-corrected chi connectivity index (χ1v) is 14.9. The summed E-state index contributed by atoms with van der Waals surface area (Å²) in [6.45, 7) is 1.33. The molecule has 4 aromatic rings. The monoisotopic (exact) mass is 798 g/mol.